The number of benzene rings is 1. The number of methoxy groups -OCH3 is 1. The van der Waals surface area contributed by atoms with Gasteiger partial charge in [0.2, 0.25) is 0 Å². The minimum atomic E-state index is 0.380. The topological polar surface area (TPSA) is 30.5 Å². The van der Waals surface area contributed by atoms with Gasteiger partial charge in [0.05, 0.1) is 6.61 Å². The van der Waals surface area contributed by atoms with Crippen LogP contribution in [0.2, 0.25) is 0 Å². The molecule has 1 aromatic carbocycles. The van der Waals surface area contributed by atoms with E-state index in [2.05, 4.69) is 37.4 Å². The smallest absolute Gasteiger partial charge is 0.124 e. The summed E-state index contributed by atoms with van der Waals surface area (Å²) >= 11 is 0. The van der Waals surface area contributed by atoms with Gasteiger partial charge in [-0.3, -0.25) is 0 Å². The molecule has 0 saturated heterocycles. The van der Waals surface area contributed by atoms with Gasteiger partial charge in [0.15, 0.2) is 0 Å². The third-order valence-corrected chi connectivity index (χ3v) is 3.34. The summed E-state index contributed by atoms with van der Waals surface area (Å²) in [5.41, 5.74) is 1.27. The number of unbranched alkanes of at least 4 members (excludes halogenated alkanes) is 1. The predicted octanol–water partition coefficient (Wildman–Crippen LogP) is 3.94. The van der Waals surface area contributed by atoms with Gasteiger partial charge in [-0.1, -0.05) is 32.0 Å². The van der Waals surface area contributed by atoms with E-state index in [4.69, 9.17) is 9.47 Å². The highest BCUT2D eigenvalue weighted by molar-refractivity contribution is 5.35. The van der Waals surface area contributed by atoms with Gasteiger partial charge in [-0.05, 0) is 38.3 Å². The first-order valence-corrected chi connectivity index (χ1v) is 7.77. The number of hydrogen-bond acceptors (Lipinski definition) is 3. The van der Waals surface area contributed by atoms with E-state index in [1.165, 1.54) is 5.56 Å². The minimum absolute atomic E-state index is 0.380. The summed E-state index contributed by atoms with van der Waals surface area (Å²) in [4.78, 5) is 0. The van der Waals surface area contributed by atoms with Crippen LogP contribution in [-0.4, -0.2) is 26.9 Å². The van der Waals surface area contributed by atoms with E-state index < -0.39 is 0 Å². The Hall–Kier alpha value is -1.06. The van der Waals surface area contributed by atoms with Crippen molar-refractivity contribution in [1.29, 1.82) is 0 Å². The predicted molar refractivity (Wildman–Crippen MR) is 84.4 cm³/mol. The Kier molecular flexibility index (Phi) is 9.09. The highest BCUT2D eigenvalue weighted by Crippen LogP contribution is 2.27. The fraction of sp³-hybridized carbons (Fsp3) is 0.647. The molecular formula is C17H29NO2. The molecule has 0 amide bonds. The molecule has 0 aliphatic rings. The molecule has 114 valence electrons. The van der Waals surface area contributed by atoms with E-state index >= 15 is 0 Å². The molecule has 1 rings (SSSR count). The van der Waals surface area contributed by atoms with Gasteiger partial charge in [0, 0.05) is 25.3 Å². The Balaban J connectivity index is 2.57. The second kappa shape index (κ2) is 10.7. The maximum Gasteiger partial charge on any atom is 0.124 e. The molecule has 3 nitrogen and oxygen atoms in total. The molecule has 3 heteroatoms. The normalized spacial score (nSPS) is 12.3. The van der Waals surface area contributed by atoms with E-state index in [0.29, 0.717) is 6.04 Å². The largest absolute Gasteiger partial charge is 0.493 e. The van der Waals surface area contributed by atoms with Gasteiger partial charge in [-0.25, -0.2) is 0 Å². The molecule has 0 bridgehead atoms. The van der Waals surface area contributed by atoms with Crippen LogP contribution in [0.4, 0.5) is 0 Å². The van der Waals surface area contributed by atoms with Crippen LogP contribution in [0.1, 0.15) is 51.1 Å². The molecule has 1 unspecified atom stereocenters. The van der Waals surface area contributed by atoms with E-state index in [1.54, 1.807) is 7.11 Å². The lowest BCUT2D eigenvalue weighted by atomic mass is 10.0. The molecule has 0 aliphatic carbocycles. The van der Waals surface area contributed by atoms with E-state index in [0.717, 1.165) is 51.2 Å². The zero-order valence-electron chi connectivity index (χ0n) is 13.2. The molecule has 20 heavy (non-hydrogen) atoms. The average Bonchev–Trinajstić information content (AvgIpc) is 2.49. The Bertz CT molecular complexity index is 355. The maximum atomic E-state index is 5.95. The molecule has 0 radical (unpaired) electrons. The number of ether oxygens (including phenoxy) is 2. The van der Waals surface area contributed by atoms with Crippen molar-refractivity contribution >= 4 is 0 Å². The SMILES string of the molecule is CCCNC(CC)c1ccccc1OCCCCOC. The fourth-order valence-electron chi connectivity index (χ4n) is 2.22. The lowest BCUT2D eigenvalue weighted by molar-refractivity contribution is 0.184. The molecule has 0 spiro atoms. The Morgan fingerprint density at radius 2 is 1.85 bits per heavy atom. The molecule has 0 aromatic heterocycles. The van der Waals surface area contributed by atoms with Crippen LogP contribution in [0, 0.1) is 0 Å². The van der Waals surface area contributed by atoms with Crippen LogP contribution >= 0.6 is 0 Å². The fourth-order valence-corrected chi connectivity index (χ4v) is 2.22. The van der Waals surface area contributed by atoms with Crippen molar-refractivity contribution in [3.8, 4) is 5.75 Å². The standard InChI is InChI=1S/C17H29NO2/c1-4-12-18-16(5-2)15-10-6-7-11-17(15)20-14-9-8-13-19-3/h6-7,10-11,16,18H,4-5,8-9,12-14H2,1-3H3. The van der Waals surface area contributed by atoms with Gasteiger partial charge in [0.25, 0.3) is 0 Å². The van der Waals surface area contributed by atoms with Crippen molar-refractivity contribution in [2.75, 3.05) is 26.9 Å². The van der Waals surface area contributed by atoms with Crippen molar-refractivity contribution in [3.05, 3.63) is 29.8 Å². The zero-order valence-corrected chi connectivity index (χ0v) is 13.2. The van der Waals surface area contributed by atoms with Crippen LogP contribution in [0.5, 0.6) is 5.75 Å². The monoisotopic (exact) mass is 279 g/mol. The van der Waals surface area contributed by atoms with Crippen molar-refractivity contribution in [3.63, 3.8) is 0 Å². The zero-order chi connectivity index (χ0) is 14.6. The Morgan fingerprint density at radius 1 is 1.10 bits per heavy atom. The van der Waals surface area contributed by atoms with Crippen molar-refractivity contribution in [1.82, 2.24) is 5.32 Å². The quantitative estimate of drug-likeness (QED) is 0.622. The molecule has 0 saturated carbocycles. The first-order valence-electron chi connectivity index (χ1n) is 7.77. The average molecular weight is 279 g/mol. The molecule has 1 atom stereocenters. The number of hydrogen-bond donors (Lipinski definition) is 1. The van der Waals surface area contributed by atoms with Crippen molar-refractivity contribution in [2.45, 2.75) is 45.6 Å². The van der Waals surface area contributed by atoms with Crippen LogP contribution < -0.4 is 10.1 Å². The van der Waals surface area contributed by atoms with Crippen molar-refractivity contribution < 1.29 is 9.47 Å². The lowest BCUT2D eigenvalue weighted by Crippen LogP contribution is -2.22. The van der Waals surface area contributed by atoms with Gasteiger partial charge in [-0.15, -0.1) is 0 Å². The molecule has 1 aromatic rings. The van der Waals surface area contributed by atoms with Crippen LogP contribution in [0.15, 0.2) is 24.3 Å². The summed E-state index contributed by atoms with van der Waals surface area (Å²) < 4.78 is 11.0. The Labute approximate surface area is 123 Å². The number of para-hydroxylation sites is 1. The second-order valence-electron chi connectivity index (χ2n) is 5.00. The minimum Gasteiger partial charge on any atom is -0.493 e. The number of nitrogens with one attached hydrogen (secondary N) is 1. The van der Waals surface area contributed by atoms with Crippen molar-refractivity contribution in [2.24, 2.45) is 0 Å². The first-order chi connectivity index (χ1) is 9.83. The molecule has 0 aliphatic heterocycles. The molecule has 0 heterocycles. The third kappa shape index (κ3) is 5.93. The first kappa shape index (κ1) is 17.0. The van der Waals surface area contributed by atoms with Crippen LogP contribution in [0.25, 0.3) is 0 Å². The highest BCUT2D eigenvalue weighted by atomic mass is 16.5. The second-order valence-corrected chi connectivity index (χ2v) is 5.00. The number of rotatable bonds is 11. The van der Waals surface area contributed by atoms with Crippen LogP contribution in [0.3, 0.4) is 0 Å². The van der Waals surface area contributed by atoms with Gasteiger partial charge in [-0.2, -0.15) is 0 Å². The molecule has 0 fully saturated rings. The highest BCUT2D eigenvalue weighted by Gasteiger charge is 2.13. The summed E-state index contributed by atoms with van der Waals surface area (Å²) in [5.74, 6) is 1.01. The van der Waals surface area contributed by atoms with E-state index in [-0.39, 0.29) is 0 Å². The summed E-state index contributed by atoms with van der Waals surface area (Å²) in [6.45, 7) is 7.01. The lowest BCUT2D eigenvalue weighted by Gasteiger charge is -2.20. The summed E-state index contributed by atoms with van der Waals surface area (Å²) in [6.07, 6.45) is 4.30. The summed E-state index contributed by atoms with van der Waals surface area (Å²) in [6, 6.07) is 8.75. The molecule has 1 N–H and O–H groups in total. The third-order valence-electron chi connectivity index (χ3n) is 3.34. The van der Waals surface area contributed by atoms with Gasteiger partial charge in [0.1, 0.15) is 5.75 Å². The summed E-state index contributed by atoms with van der Waals surface area (Å²) in [7, 11) is 1.74. The van der Waals surface area contributed by atoms with E-state index in [1.807, 2.05) is 6.07 Å². The van der Waals surface area contributed by atoms with Gasteiger partial charge < -0.3 is 14.8 Å². The van der Waals surface area contributed by atoms with E-state index in [9.17, 15) is 0 Å². The Morgan fingerprint density at radius 3 is 2.55 bits per heavy atom. The summed E-state index contributed by atoms with van der Waals surface area (Å²) in [5, 5.41) is 3.59. The molecular weight excluding hydrogens is 250 g/mol. The van der Waals surface area contributed by atoms with Crippen LogP contribution in [-0.2, 0) is 4.74 Å². The van der Waals surface area contributed by atoms with Gasteiger partial charge >= 0.3 is 0 Å². The maximum absolute atomic E-state index is 5.95.